The van der Waals surface area contributed by atoms with E-state index >= 15 is 0 Å². The van der Waals surface area contributed by atoms with Gasteiger partial charge in [-0.05, 0) is 62.9 Å². The Kier molecular flexibility index (Phi) is 3.11. The molecule has 118 valence electrons. The van der Waals surface area contributed by atoms with Crippen LogP contribution in [0.4, 0.5) is 4.79 Å². The van der Waals surface area contributed by atoms with Gasteiger partial charge in [-0.1, -0.05) is 28.1 Å². The Balaban J connectivity index is 2.11. The SMILES string of the molecule is CC(C)(C)OC(=O)n1c2cccc3c2c2c(cc(Br)cc21)CC3. The van der Waals surface area contributed by atoms with E-state index in [4.69, 9.17) is 4.74 Å². The fourth-order valence-corrected chi connectivity index (χ4v) is 3.98. The summed E-state index contributed by atoms with van der Waals surface area (Å²) in [6, 6.07) is 10.4. The van der Waals surface area contributed by atoms with Crippen LogP contribution in [-0.2, 0) is 17.6 Å². The fraction of sp³-hybridized carbons (Fsp3) is 0.316. The number of hydrogen-bond donors (Lipinski definition) is 0. The standard InChI is InChI=1S/C19H18BrNO2/c1-19(2,3)23-18(22)21-14-6-4-5-11-7-8-12-9-13(20)10-15(21)17(12)16(11)14/h4-6,9-10H,7-8H2,1-3H3. The molecule has 4 heteroatoms. The van der Waals surface area contributed by atoms with Gasteiger partial charge < -0.3 is 4.74 Å². The van der Waals surface area contributed by atoms with Gasteiger partial charge in [0, 0.05) is 15.2 Å². The Labute approximate surface area is 143 Å². The van der Waals surface area contributed by atoms with Crippen molar-refractivity contribution < 1.29 is 9.53 Å². The van der Waals surface area contributed by atoms with E-state index in [2.05, 4.69) is 28.1 Å². The molecule has 0 bridgehead atoms. The lowest BCUT2D eigenvalue weighted by Gasteiger charge is -2.20. The zero-order valence-corrected chi connectivity index (χ0v) is 15.0. The van der Waals surface area contributed by atoms with Crippen molar-refractivity contribution in [3.8, 4) is 0 Å². The van der Waals surface area contributed by atoms with Gasteiger partial charge in [-0.25, -0.2) is 9.36 Å². The summed E-state index contributed by atoms with van der Waals surface area (Å²) in [7, 11) is 0. The average molecular weight is 372 g/mol. The third-order valence-electron chi connectivity index (χ3n) is 4.26. The lowest BCUT2D eigenvalue weighted by molar-refractivity contribution is 0.0551. The number of benzene rings is 2. The zero-order valence-electron chi connectivity index (χ0n) is 13.4. The number of rotatable bonds is 0. The number of nitrogens with zero attached hydrogens (tertiary/aromatic N) is 1. The van der Waals surface area contributed by atoms with Crippen LogP contribution in [0.25, 0.3) is 21.8 Å². The molecule has 0 aliphatic heterocycles. The van der Waals surface area contributed by atoms with Crippen molar-refractivity contribution >= 4 is 43.8 Å². The second-order valence-corrected chi connectivity index (χ2v) is 8.00. The molecule has 3 nitrogen and oxygen atoms in total. The van der Waals surface area contributed by atoms with Crippen LogP contribution in [0.3, 0.4) is 0 Å². The molecule has 0 N–H and O–H groups in total. The molecule has 3 aromatic rings. The molecule has 0 saturated heterocycles. The normalized spacial score (nSPS) is 13.9. The van der Waals surface area contributed by atoms with Gasteiger partial charge in [0.2, 0.25) is 0 Å². The molecule has 2 aromatic carbocycles. The van der Waals surface area contributed by atoms with E-state index in [1.165, 1.54) is 21.9 Å². The highest BCUT2D eigenvalue weighted by molar-refractivity contribution is 9.10. The maximum absolute atomic E-state index is 12.8. The summed E-state index contributed by atoms with van der Waals surface area (Å²) in [5.41, 5.74) is 3.94. The minimum absolute atomic E-state index is 0.319. The highest BCUT2D eigenvalue weighted by atomic mass is 79.9. The molecule has 4 rings (SSSR count). The number of carbonyl (C=O) groups excluding carboxylic acids is 1. The number of halogens is 1. The summed E-state index contributed by atoms with van der Waals surface area (Å²) in [6.07, 6.45) is 1.69. The lowest BCUT2D eigenvalue weighted by atomic mass is 9.91. The lowest BCUT2D eigenvalue weighted by Crippen LogP contribution is -2.27. The van der Waals surface area contributed by atoms with Crippen molar-refractivity contribution in [2.24, 2.45) is 0 Å². The quantitative estimate of drug-likeness (QED) is 0.526. The number of aromatic nitrogens is 1. The van der Waals surface area contributed by atoms with Gasteiger partial charge in [-0.15, -0.1) is 0 Å². The number of hydrogen-bond acceptors (Lipinski definition) is 2. The van der Waals surface area contributed by atoms with Crippen LogP contribution in [0, 0.1) is 0 Å². The van der Waals surface area contributed by atoms with Crippen LogP contribution in [0.2, 0.25) is 0 Å². The Morgan fingerprint density at radius 3 is 2.52 bits per heavy atom. The largest absolute Gasteiger partial charge is 0.443 e. The molecule has 0 unspecified atom stereocenters. The Morgan fingerprint density at radius 2 is 1.78 bits per heavy atom. The molecule has 0 saturated carbocycles. The first-order valence-electron chi connectivity index (χ1n) is 7.83. The fourth-order valence-electron chi connectivity index (χ4n) is 3.48. The van der Waals surface area contributed by atoms with Crippen molar-refractivity contribution in [1.29, 1.82) is 0 Å². The first kappa shape index (κ1) is 14.8. The van der Waals surface area contributed by atoms with Crippen molar-refractivity contribution in [3.05, 3.63) is 45.9 Å². The van der Waals surface area contributed by atoms with Gasteiger partial charge in [-0.3, -0.25) is 0 Å². The molecular formula is C19H18BrNO2. The summed E-state index contributed by atoms with van der Waals surface area (Å²) >= 11 is 3.58. The Bertz CT molecular complexity index is 963. The van der Waals surface area contributed by atoms with Crippen LogP contribution in [0.1, 0.15) is 31.9 Å². The number of carbonyl (C=O) groups is 1. The summed E-state index contributed by atoms with van der Waals surface area (Å²) in [6.45, 7) is 5.68. The Hall–Kier alpha value is -1.81. The second kappa shape index (κ2) is 4.84. The molecule has 23 heavy (non-hydrogen) atoms. The summed E-state index contributed by atoms with van der Waals surface area (Å²) in [5, 5.41) is 2.39. The molecular weight excluding hydrogens is 354 g/mol. The third-order valence-corrected chi connectivity index (χ3v) is 4.72. The van der Waals surface area contributed by atoms with E-state index in [1.54, 1.807) is 4.57 Å². The minimum atomic E-state index is -0.521. The van der Waals surface area contributed by atoms with Crippen LogP contribution in [-0.4, -0.2) is 16.3 Å². The molecule has 1 aliphatic rings. The maximum Gasteiger partial charge on any atom is 0.419 e. The third kappa shape index (κ3) is 2.27. The molecule has 0 fully saturated rings. The zero-order chi connectivity index (χ0) is 16.4. The minimum Gasteiger partial charge on any atom is -0.443 e. The van der Waals surface area contributed by atoms with E-state index in [-0.39, 0.29) is 6.09 Å². The van der Waals surface area contributed by atoms with Crippen molar-refractivity contribution in [2.45, 2.75) is 39.2 Å². The molecule has 0 atom stereocenters. The van der Waals surface area contributed by atoms with Gasteiger partial charge in [-0.2, -0.15) is 0 Å². The summed E-state index contributed by atoms with van der Waals surface area (Å²) in [4.78, 5) is 12.8. The monoisotopic (exact) mass is 371 g/mol. The molecule has 0 radical (unpaired) electrons. The van der Waals surface area contributed by atoms with E-state index in [0.29, 0.717) is 0 Å². The number of ether oxygens (including phenoxy) is 1. The number of aryl methyl sites for hydroxylation is 2. The van der Waals surface area contributed by atoms with E-state index < -0.39 is 5.60 Å². The van der Waals surface area contributed by atoms with Gasteiger partial charge in [0.05, 0.1) is 11.0 Å². The predicted molar refractivity (Wildman–Crippen MR) is 96.2 cm³/mol. The van der Waals surface area contributed by atoms with Gasteiger partial charge in [0.1, 0.15) is 5.60 Å². The van der Waals surface area contributed by atoms with Gasteiger partial charge in [0.15, 0.2) is 0 Å². The first-order valence-corrected chi connectivity index (χ1v) is 8.62. The van der Waals surface area contributed by atoms with E-state index in [9.17, 15) is 4.79 Å². The van der Waals surface area contributed by atoms with Crippen LogP contribution < -0.4 is 0 Å². The second-order valence-electron chi connectivity index (χ2n) is 7.09. The van der Waals surface area contributed by atoms with Gasteiger partial charge in [0.25, 0.3) is 0 Å². The smallest absolute Gasteiger partial charge is 0.419 e. The van der Waals surface area contributed by atoms with Crippen molar-refractivity contribution in [3.63, 3.8) is 0 Å². The molecule has 1 aromatic heterocycles. The van der Waals surface area contributed by atoms with Crippen LogP contribution in [0.15, 0.2) is 34.8 Å². The van der Waals surface area contributed by atoms with E-state index in [1.807, 2.05) is 39.0 Å². The van der Waals surface area contributed by atoms with Crippen LogP contribution >= 0.6 is 15.9 Å². The predicted octanol–water partition coefficient (Wildman–Crippen LogP) is 5.44. The summed E-state index contributed by atoms with van der Waals surface area (Å²) in [5.74, 6) is 0. The van der Waals surface area contributed by atoms with E-state index in [0.717, 1.165) is 28.3 Å². The Morgan fingerprint density at radius 1 is 1.09 bits per heavy atom. The summed E-state index contributed by atoms with van der Waals surface area (Å²) < 4.78 is 8.36. The molecule has 1 heterocycles. The van der Waals surface area contributed by atoms with Crippen LogP contribution in [0.5, 0.6) is 0 Å². The van der Waals surface area contributed by atoms with Gasteiger partial charge >= 0.3 is 6.09 Å². The highest BCUT2D eigenvalue weighted by Gasteiger charge is 2.26. The topological polar surface area (TPSA) is 31.2 Å². The highest BCUT2D eigenvalue weighted by Crippen LogP contribution is 2.39. The van der Waals surface area contributed by atoms with Crippen molar-refractivity contribution in [2.75, 3.05) is 0 Å². The molecule has 0 amide bonds. The average Bonchev–Trinajstić information content (AvgIpc) is 2.77. The molecule has 1 aliphatic carbocycles. The molecule has 0 spiro atoms. The van der Waals surface area contributed by atoms with Crippen molar-refractivity contribution in [1.82, 2.24) is 4.57 Å². The first-order chi connectivity index (χ1) is 10.8. The maximum atomic E-state index is 12.8.